The highest BCUT2D eigenvalue weighted by Crippen LogP contribution is 2.24. The number of hydrogen-bond donors (Lipinski definition) is 0. The summed E-state index contributed by atoms with van der Waals surface area (Å²) < 4.78 is 37.9. The van der Waals surface area contributed by atoms with E-state index in [2.05, 4.69) is 10.5 Å². The molecule has 9 heteroatoms. The molecular formula is C18H19ClN2O3S3. The zero-order valence-electron chi connectivity index (χ0n) is 14.9. The monoisotopic (exact) mass is 442 g/mol. The van der Waals surface area contributed by atoms with Crippen LogP contribution in [0.15, 0.2) is 56.7 Å². The van der Waals surface area contributed by atoms with Crippen LogP contribution in [0, 0.1) is 0 Å². The van der Waals surface area contributed by atoms with Crippen LogP contribution in [-0.4, -0.2) is 32.5 Å². The van der Waals surface area contributed by atoms with Gasteiger partial charge in [0.25, 0.3) is 10.0 Å². The normalized spacial score (nSPS) is 12.8. The van der Waals surface area contributed by atoms with E-state index in [-0.39, 0.29) is 4.90 Å². The number of aromatic nitrogens is 1. The van der Waals surface area contributed by atoms with Gasteiger partial charge in [0, 0.05) is 23.1 Å². The van der Waals surface area contributed by atoms with Crippen molar-refractivity contribution >= 4 is 54.9 Å². The number of halogens is 1. The zero-order valence-corrected chi connectivity index (χ0v) is 18.1. The quantitative estimate of drug-likeness (QED) is 0.401. The summed E-state index contributed by atoms with van der Waals surface area (Å²) in [5.41, 5.74) is 0.947. The van der Waals surface area contributed by atoms with Gasteiger partial charge in [0.05, 0.1) is 21.7 Å². The molecule has 27 heavy (non-hydrogen) atoms. The second-order valence-corrected chi connectivity index (χ2v) is 9.52. The molecule has 1 heterocycles. The van der Waals surface area contributed by atoms with Crippen LogP contribution in [0.4, 0.5) is 0 Å². The van der Waals surface area contributed by atoms with Crippen molar-refractivity contribution in [1.82, 2.24) is 4.57 Å². The summed E-state index contributed by atoms with van der Waals surface area (Å²) in [5, 5.41) is 0.479. The molecule has 5 nitrogen and oxygen atoms in total. The van der Waals surface area contributed by atoms with E-state index in [0.29, 0.717) is 29.6 Å². The molecule has 0 aliphatic heterocycles. The number of hydrogen-bond acceptors (Lipinski definition) is 5. The van der Waals surface area contributed by atoms with Crippen LogP contribution >= 0.6 is 34.7 Å². The summed E-state index contributed by atoms with van der Waals surface area (Å²) >= 11 is 8.86. The molecule has 0 fully saturated rings. The van der Waals surface area contributed by atoms with E-state index in [1.807, 2.05) is 29.9 Å². The lowest BCUT2D eigenvalue weighted by molar-refractivity contribution is 0.139. The lowest BCUT2D eigenvalue weighted by Gasteiger charge is -2.06. The van der Waals surface area contributed by atoms with Crippen LogP contribution in [0.2, 0.25) is 5.02 Å². The van der Waals surface area contributed by atoms with Gasteiger partial charge >= 0.3 is 0 Å². The first-order valence-electron chi connectivity index (χ1n) is 8.26. The second-order valence-electron chi connectivity index (χ2n) is 5.59. The fraction of sp³-hybridized carbons (Fsp3) is 0.278. The third-order valence-corrected chi connectivity index (χ3v) is 7.28. The molecule has 3 aromatic rings. The Balaban J connectivity index is 2.14. The number of ether oxygens (including phenoxy) is 1. The van der Waals surface area contributed by atoms with E-state index in [4.69, 9.17) is 16.3 Å². The molecule has 0 saturated heterocycles. The van der Waals surface area contributed by atoms with Crippen LogP contribution in [-0.2, 0) is 21.3 Å². The van der Waals surface area contributed by atoms with Crippen molar-refractivity contribution in [3.63, 3.8) is 0 Å². The molecule has 0 saturated carbocycles. The Morgan fingerprint density at radius 3 is 2.63 bits per heavy atom. The van der Waals surface area contributed by atoms with Crippen LogP contribution < -0.4 is 4.80 Å². The van der Waals surface area contributed by atoms with Crippen molar-refractivity contribution in [2.24, 2.45) is 4.40 Å². The van der Waals surface area contributed by atoms with Crippen molar-refractivity contribution in [3.8, 4) is 0 Å². The number of fused-ring (bicyclic) bond motifs is 1. The van der Waals surface area contributed by atoms with Gasteiger partial charge in [-0.25, -0.2) is 0 Å². The molecule has 0 bridgehead atoms. The van der Waals surface area contributed by atoms with Gasteiger partial charge in [0.2, 0.25) is 4.80 Å². The first-order valence-corrected chi connectivity index (χ1v) is 12.1. The fourth-order valence-corrected chi connectivity index (χ4v) is 5.47. The average Bonchev–Trinajstić information content (AvgIpc) is 2.98. The summed E-state index contributed by atoms with van der Waals surface area (Å²) in [6.07, 6.45) is 2.01. The molecule has 0 unspecified atom stereocenters. The van der Waals surface area contributed by atoms with E-state index < -0.39 is 10.0 Å². The molecular weight excluding hydrogens is 424 g/mol. The minimum absolute atomic E-state index is 0.116. The maximum atomic E-state index is 12.7. The SMILES string of the molecule is CCOCCn1c(=NS(=O)(=O)c2ccc(Cl)cc2)sc2cc(SC)ccc21. The van der Waals surface area contributed by atoms with Gasteiger partial charge in [-0.2, -0.15) is 8.42 Å². The van der Waals surface area contributed by atoms with E-state index in [0.717, 1.165) is 15.1 Å². The van der Waals surface area contributed by atoms with Gasteiger partial charge in [-0.3, -0.25) is 0 Å². The Morgan fingerprint density at radius 2 is 1.96 bits per heavy atom. The van der Waals surface area contributed by atoms with Gasteiger partial charge in [0.1, 0.15) is 0 Å². The molecule has 0 N–H and O–H groups in total. The molecule has 0 aliphatic rings. The summed E-state index contributed by atoms with van der Waals surface area (Å²) in [6.45, 7) is 3.55. The van der Waals surface area contributed by atoms with Gasteiger partial charge in [-0.15, -0.1) is 16.2 Å². The van der Waals surface area contributed by atoms with Crippen LogP contribution in [0.25, 0.3) is 10.2 Å². The first kappa shape index (κ1) is 20.4. The van der Waals surface area contributed by atoms with Crippen molar-refractivity contribution < 1.29 is 13.2 Å². The Bertz CT molecular complexity index is 1100. The third kappa shape index (κ3) is 4.75. The maximum Gasteiger partial charge on any atom is 0.285 e. The summed E-state index contributed by atoms with van der Waals surface area (Å²) in [6, 6.07) is 12.1. The van der Waals surface area contributed by atoms with Gasteiger partial charge < -0.3 is 9.30 Å². The highest BCUT2D eigenvalue weighted by molar-refractivity contribution is 7.98. The molecule has 0 atom stereocenters. The van der Waals surface area contributed by atoms with Crippen LogP contribution in [0.5, 0.6) is 0 Å². The van der Waals surface area contributed by atoms with E-state index in [1.54, 1.807) is 23.9 Å². The maximum absolute atomic E-state index is 12.7. The minimum atomic E-state index is -3.84. The summed E-state index contributed by atoms with van der Waals surface area (Å²) in [7, 11) is -3.84. The van der Waals surface area contributed by atoms with Crippen molar-refractivity contribution in [2.75, 3.05) is 19.5 Å². The highest BCUT2D eigenvalue weighted by Gasteiger charge is 2.15. The smallest absolute Gasteiger partial charge is 0.285 e. The Kier molecular flexibility index (Phi) is 6.65. The predicted molar refractivity (Wildman–Crippen MR) is 112 cm³/mol. The van der Waals surface area contributed by atoms with Crippen molar-refractivity contribution in [1.29, 1.82) is 0 Å². The van der Waals surface area contributed by atoms with Crippen molar-refractivity contribution in [3.05, 3.63) is 52.3 Å². The second kappa shape index (κ2) is 8.79. The number of rotatable bonds is 7. The largest absolute Gasteiger partial charge is 0.380 e. The summed E-state index contributed by atoms with van der Waals surface area (Å²) in [5.74, 6) is 0. The van der Waals surface area contributed by atoms with Gasteiger partial charge in [0.15, 0.2) is 0 Å². The first-order chi connectivity index (χ1) is 12.9. The minimum Gasteiger partial charge on any atom is -0.380 e. The third-order valence-electron chi connectivity index (χ3n) is 3.86. The Morgan fingerprint density at radius 1 is 1.22 bits per heavy atom. The number of benzene rings is 2. The van der Waals surface area contributed by atoms with Gasteiger partial charge in [-0.1, -0.05) is 22.9 Å². The number of sulfonamides is 1. The average molecular weight is 443 g/mol. The van der Waals surface area contributed by atoms with E-state index in [9.17, 15) is 8.42 Å². The predicted octanol–water partition coefficient (Wildman–Crippen LogP) is 4.40. The van der Waals surface area contributed by atoms with Crippen molar-refractivity contribution in [2.45, 2.75) is 23.3 Å². The number of thioether (sulfide) groups is 1. The molecule has 0 spiro atoms. The fourth-order valence-electron chi connectivity index (χ4n) is 2.53. The highest BCUT2D eigenvalue weighted by atomic mass is 35.5. The molecule has 144 valence electrons. The van der Waals surface area contributed by atoms with Crippen LogP contribution in [0.3, 0.4) is 0 Å². The zero-order chi connectivity index (χ0) is 19.4. The van der Waals surface area contributed by atoms with E-state index >= 15 is 0 Å². The lowest BCUT2D eigenvalue weighted by Crippen LogP contribution is -2.19. The van der Waals surface area contributed by atoms with Gasteiger partial charge in [-0.05, 0) is 55.6 Å². The molecule has 0 amide bonds. The number of thiazole rings is 1. The molecule has 1 aromatic heterocycles. The molecule has 3 rings (SSSR count). The Hall–Kier alpha value is -1.32. The topological polar surface area (TPSA) is 60.7 Å². The Labute approximate surface area is 171 Å². The standard InChI is InChI=1S/C18H19ClN2O3S3/c1-3-24-11-10-21-16-9-6-14(25-2)12-17(16)26-18(21)20-27(22,23)15-7-4-13(19)5-8-15/h4-9,12H,3,10-11H2,1-2H3. The molecule has 0 radical (unpaired) electrons. The lowest BCUT2D eigenvalue weighted by atomic mass is 10.3. The van der Waals surface area contributed by atoms with E-state index in [1.165, 1.54) is 23.5 Å². The molecule has 0 aliphatic carbocycles. The summed E-state index contributed by atoms with van der Waals surface area (Å²) in [4.78, 5) is 1.66. The molecule has 2 aromatic carbocycles. The van der Waals surface area contributed by atoms with Crippen LogP contribution in [0.1, 0.15) is 6.92 Å². The number of nitrogens with zero attached hydrogens (tertiary/aromatic N) is 2.